The maximum atomic E-state index is 13.4. The summed E-state index contributed by atoms with van der Waals surface area (Å²) in [5, 5.41) is 8.62. The Balaban J connectivity index is 1.67. The number of aliphatic hydroxyl groups excluding tert-OH is 1. The van der Waals surface area contributed by atoms with Gasteiger partial charge in [0, 0.05) is 13.0 Å². The zero-order valence-corrected chi connectivity index (χ0v) is 19.7. The normalized spacial score (nSPS) is 19.8. The lowest BCUT2D eigenvalue weighted by atomic mass is 9.92. The highest BCUT2D eigenvalue weighted by Gasteiger charge is 2.47. The van der Waals surface area contributed by atoms with E-state index in [0.717, 1.165) is 16.7 Å². The van der Waals surface area contributed by atoms with Gasteiger partial charge in [-0.05, 0) is 54.5 Å². The van der Waals surface area contributed by atoms with Crippen molar-refractivity contribution in [1.29, 1.82) is 0 Å². The summed E-state index contributed by atoms with van der Waals surface area (Å²) in [6, 6.07) is 27.2. The first-order chi connectivity index (χ1) is 15.8. The minimum Gasteiger partial charge on any atom is -0.472 e. The first kappa shape index (κ1) is 23.2. The van der Waals surface area contributed by atoms with E-state index in [2.05, 4.69) is 4.40 Å². The number of nitrogens with zero attached hydrogens (tertiary/aromatic N) is 1. The van der Waals surface area contributed by atoms with E-state index in [-0.39, 0.29) is 18.4 Å². The van der Waals surface area contributed by atoms with Crippen molar-refractivity contribution in [1.82, 2.24) is 0 Å². The third kappa shape index (κ3) is 5.18. The van der Waals surface area contributed by atoms with Crippen LogP contribution in [0.3, 0.4) is 0 Å². The molecule has 1 heterocycles. The van der Waals surface area contributed by atoms with E-state index in [1.165, 1.54) is 0 Å². The Morgan fingerprint density at radius 1 is 0.939 bits per heavy atom. The third-order valence-electron chi connectivity index (χ3n) is 6.01. The van der Waals surface area contributed by atoms with Gasteiger partial charge in [-0.1, -0.05) is 78.9 Å². The van der Waals surface area contributed by atoms with E-state index >= 15 is 0 Å². The lowest BCUT2D eigenvalue weighted by Gasteiger charge is -2.38. The molecule has 0 saturated carbocycles. The molecule has 2 atom stereocenters. The minimum absolute atomic E-state index is 0.00210. The second-order valence-electron chi connectivity index (χ2n) is 8.90. The number of aliphatic hydroxyl groups is 1. The van der Waals surface area contributed by atoms with Gasteiger partial charge in [0.2, 0.25) is 5.90 Å². The zero-order chi connectivity index (χ0) is 23.5. The number of hydrogen-bond acceptors (Lipinski definition) is 4. The molecule has 0 radical (unpaired) electrons. The van der Waals surface area contributed by atoms with Crippen LogP contribution in [0.2, 0.25) is 0 Å². The maximum absolute atomic E-state index is 13.4. The summed E-state index contributed by atoms with van der Waals surface area (Å²) in [6.45, 7) is 3.59. The standard InChI is InChI=1S/C27H29NO4S/c1-27(2)26(24-15-9-14-22(18-24)20-10-5-3-6-11-20)33(30,31)28-25(32-27)19-23(16-17-29)21-12-7-4-8-13-21/h3-15,18,23,26,29H,16-17,19H2,1-2H3/t23-,26?/m1/s1. The summed E-state index contributed by atoms with van der Waals surface area (Å²) >= 11 is 0. The number of rotatable bonds is 7. The van der Waals surface area contributed by atoms with Crippen molar-refractivity contribution in [2.45, 2.75) is 43.5 Å². The predicted molar refractivity (Wildman–Crippen MR) is 132 cm³/mol. The Labute approximate surface area is 195 Å². The molecule has 0 saturated heterocycles. The highest BCUT2D eigenvalue weighted by molar-refractivity contribution is 7.90. The fourth-order valence-electron chi connectivity index (χ4n) is 4.57. The topological polar surface area (TPSA) is 76.0 Å². The molecule has 6 heteroatoms. The van der Waals surface area contributed by atoms with Gasteiger partial charge >= 0.3 is 0 Å². The molecule has 5 nitrogen and oxygen atoms in total. The molecule has 1 N–H and O–H groups in total. The van der Waals surface area contributed by atoms with Crippen LogP contribution in [0.5, 0.6) is 0 Å². The Hall–Kier alpha value is -2.96. The quantitative estimate of drug-likeness (QED) is 0.503. The van der Waals surface area contributed by atoms with Crippen LogP contribution in [0.25, 0.3) is 11.1 Å². The average Bonchev–Trinajstić information content (AvgIpc) is 2.78. The maximum Gasteiger partial charge on any atom is 0.267 e. The van der Waals surface area contributed by atoms with Crippen molar-refractivity contribution < 1.29 is 18.3 Å². The molecule has 1 aliphatic rings. The van der Waals surface area contributed by atoms with Crippen LogP contribution in [-0.2, 0) is 14.8 Å². The van der Waals surface area contributed by atoms with Gasteiger partial charge in [-0.3, -0.25) is 0 Å². The second-order valence-corrected chi connectivity index (χ2v) is 10.6. The smallest absolute Gasteiger partial charge is 0.267 e. The second kappa shape index (κ2) is 9.49. The molecular formula is C27H29NO4S. The molecule has 0 aromatic heterocycles. The van der Waals surface area contributed by atoms with Gasteiger partial charge in [-0.15, -0.1) is 4.40 Å². The average molecular weight is 464 g/mol. The molecule has 1 aliphatic heterocycles. The molecule has 3 aromatic rings. The fraction of sp³-hybridized carbons (Fsp3) is 0.296. The van der Waals surface area contributed by atoms with Crippen molar-refractivity contribution >= 4 is 15.9 Å². The van der Waals surface area contributed by atoms with Crippen LogP contribution in [0.1, 0.15) is 49.0 Å². The number of sulfonamides is 1. The summed E-state index contributed by atoms with van der Waals surface area (Å²) in [5.74, 6) is 0.108. The molecule has 0 fully saturated rings. The SMILES string of the molecule is CC1(C)OC(C[C@@H](CCO)c2ccccc2)=NS(=O)(=O)C1c1cccc(-c2ccccc2)c1. The predicted octanol–water partition coefficient (Wildman–Crippen LogP) is 5.49. The highest BCUT2D eigenvalue weighted by Crippen LogP contribution is 2.42. The molecule has 1 unspecified atom stereocenters. The van der Waals surface area contributed by atoms with Gasteiger partial charge in [0.15, 0.2) is 0 Å². The van der Waals surface area contributed by atoms with Crippen LogP contribution < -0.4 is 0 Å². The summed E-state index contributed by atoms with van der Waals surface area (Å²) in [5.41, 5.74) is 2.63. The van der Waals surface area contributed by atoms with Gasteiger partial charge in [0.05, 0.1) is 0 Å². The molecule has 0 amide bonds. The third-order valence-corrected chi connectivity index (χ3v) is 7.90. The lowest BCUT2D eigenvalue weighted by Crippen LogP contribution is -2.43. The molecule has 33 heavy (non-hydrogen) atoms. The largest absolute Gasteiger partial charge is 0.472 e. The Morgan fingerprint density at radius 2 is 1.58 bits per heavy atom. The first-order valence-corrected chi connectivity index (χ1v) is 12.6. The molecule has 0 aliphatic carbocycles. The summed E-state index contributed by atoms with van der Waals surface area (Å²) in [4.78, 5) is 0. The number of hydrogen-bond donors (Lipinski definition) is 1. The van der Waals surface area contributed by atoms with Crippen molar-refractivity contribution in [2.24, 2.45) is 4.40 Å². The first-order valence-electron chi connectivity index (χ1n) is 11.1. The minimum atomic E-state index is -3.87. The van der Waals surface area contributed by atoms with E-state index < -0.39 is 20.9 Å². The van der Waals surface area contributed by atoms with Crippen LogP contribution in [0.15, 0.2) is 89.3 Å². The molecule has 3 aromatic carbocycles. The monoisotopic (exact) mass is 463 g/mol. The molecular weight excluding hydrogens is 434 g/mol. The van der Waals surface area contributed by atoms with Crippen LogP contribution in [0, 0.1) is 0 Å². The lowest BCUT2D eigenvalue weighted by molar-refractivity contribution is 0.0798. The van der Waals surface area contributed by atoms with Crippen LogP contribution >= 0.6 is 0 Å². The van der Waals surface area contributed by atoms with Crippen LogP contribution in [0.4, 0.5) is 0 Å². The van der Waals surface area contributed by atoms with Gasteiger partial charge in [-0.25, -0.2) is 8.42 Å². The Bertz CT molecular complexity index is 1220. The van der Waals surface area contributed by atoms with Gasteiger partial charge in [0.25, 0.3) is 10.0 Å². The van der Waals surface area contributed by atoms with Crippen LogP contribution in [-0.4, -0.2) is 31.6 Å². The number of benzene rings is 3. The fourth-order valence-corrected chi connectivity index (χ4v) is 6.33. The number of ether oxygens (including phenoxy) is 1. The summed E-state index contributed by atoms with van der Waals surface area (Å²) < 4.78 is 37.1. The van der Waals surface area contributed by atoms with Crippen molar-refractivity contribution in [2.75, 3.05) is 6.61 Å². The van der Waals surface area contributed by atoms with E-state index in [1.807, 2.05) is 84.9 Å². The van der Waals surface area contributed by atoms with E-state index in [0.29, 0.717) is 18.4 Å². The van der Waals surface area contributed by atoms with Gasteiger partial charge in [-0.2, -0.15) is 0 Å². The molecule has 0 spiro atoms. The van der Waals surface area contributed by atoms with Gasteiger partial charge in [0.1, 0.15) is 10.9 Å². The van der Waals surface area contributed by atoms with E-state index in [1.54, 1.807) is 13.8 Å². The zero-order valence-electron chi connectivity index (χ0n) is 18.9. The summed E-state index contributed by atoms with van der Waals surface area (Å²) in [7, 11) is -3.87. The molecule has 4 rings (SSSR count). The Kier molecular flexibility index (Phi) is 6.68. The Morgan fingerprint density at radius 3 is 2.21 bits per heavy atom. The van der Waals surface area contributed by atoms with Crippen molar-refractivity contribution in [3.8, 4) is 11.1 Å². The van der Waals surface area contributed by atoms with Gasteiger partial charge < -0.3 is 9.84 Å². The van der Waals surface area contributed by atoms with Crippen molar-refractivity contribution in [3.05, 3.63) is 96.1 Å². The van der Waals surface area contributed by atoms with E-state index in [9.17, 15) is 13.5 Å². The molecule has 0 bridgehead atoms. The molecule has 172 valence electrons. The highest BCUT2D eigenvalue weighted by atomic mass is 32.2. The van der Waals surface area contributed by atoms with Crippen molar-refractivity contribution in [3.63, 3.8) is 0 Å². The van der Waals surface area contributed by atoms with E-state index in [4.69, 9.17) is 4.74 Å². The summed E-state index contributed by atoms with van der Waals surface area (Å²) in [6.07, 6.45) is 0.805.